The topological polar surface area (TPSA) is 94.4 Å². The molecule has 1 aliphatic heterocycles. The molecule has 0 spiro atoms. The van der Waals surface area contributed by atoms with E-state index in [1.807, 2.05) is 33.7 Å². The van der Waals surface area contributed by atoms with Crippen LogP contribution in [-0.4, -0.2) is 70.4 Å². The smallest absolute Gasteiger partial charge is 0.233 e. The first-order valence-electron chi connectivity index (χ1n) is 10.2. The van der Waals surface area contributed by atoms with Crippen molar-refractivity contribution >= 4 is 27.5 Å². The summed E-state index contributed by atoms with van der Waals surface area (Å²) in [5.41, 5.74) is 0.851. The average Bonchev–Trinajstić information content (AvgIpc) is 3.48. The zero-order valence-electron chi connectivity index (χ0n) is 16.9. The number of carbonyl (C=O) groups excluding carboxylic acids is 1. The molecule has 0 unspecified atom stereocenters. The molecule has 0 bridgehead atoms. The number of carbonyl (C=O) groups is 1. The van der Waals surface area contributed by atoms with Crippen LogP contribution >= 0.6 is 11.8 Å². The molecular weight excluding hydrogens is 424 g/mol. The van der Waals surface area contributed by atoms with Gasteiger partial charge in [-0.15, -0.1) is 10.2 Å². The number of amides is 1. The molecule has 1 aromatic heterocycles. The highest BCUT2D eigenvalue weighted by molar-refractivity contribution is 7.99. The maximum absolute atomic E-state index is 13.2. The molecule has 2 fully saturated rings. The van der Waals surface area contributed by atoms with Crippen LogP contribution in [0.3, 0.4) is 0 Å². The van der Waals surface area contributed by atoms with Gasteiger partial charge < -0.3 is 9.64 Å². The second kappa shape index (κ2) is 8.97. The number of hydrogen-bond acceptors (Lipinski definition) is 7. The molecule has 0 radical (unpaired) electrons. The fourth-order valence-electron chi connectivity index (χ4n) is 4.34. The van der Waals surface area contributed by atoms with Crippen LogP contribution in [0.25, 0.3) is 5.69 Å². The van der Waals surface area contributed by atoms with Crippen LogP contribution < -0.4 is 4.74 Å². The van der Waals surface area contributed by atoms with Crippen molar-refractivity contribution in [2.24, 2.45) is 0 Å². The van der Waals surface area contributed by atoms with Gasteiger partial charge in [-0.05, 0) is 31.4 Å². The molecule has 2 aromatic rings. The molecule has 1 saturated heterocycles. The summed E-state index contributed by atoms with van der Waals surface area (Å²) < 4.78 is 31.1. The van der Waals surface area contributed by atoms with Crippen molar-refractivity contribution in [3.8, 4) is 11.4 Å². The van der Waals surface area contributed by atoms with Crippen molar-refractivity contribution in [2.75, 3.05) is 24.4 Å². The zero-order valence-corrected chi connectivity index (χ0v) is 18.6. The number of nitrogens with zero attached hydrogens (tertiary/aromatic N) is 4. The van der Waals surface area contributed by atoms with Crippen LogP contribution in [0.1, 0.15) is 32.1 Å². The van der Waals surface area contributed by atoms with Crippen molar-refractivity contribution in [3.63, 3.8) is 0 Å². The van der Waals surface area contributed by atoms with Gasteiger partial charge in [-0.1, -0.05) is 30.7 Å². The standard InChI is InChI=1S/C20H26N4O4S2/c1-28-18-8-4-7-16(11-18)23-14-21-22-20(23)29-12-19(25)24(15-5-2-3-6-15)17-9-10-30(26,27)13-17/h4,7-8,11,14-15,17H,2-3,5-6,9-10,12-13H2,1H3/t17-/m0/s1. The van der Waals surface area contributed by atoms with Gasteiger partial charge in [-0.2, -0.15) is 0 Å². The fraction of sp³-hybridized carbons (Fsp3) is 0.550. The third-order valence-corrected chi connectivity index (χ3v) is 8.46. The lowest BCUT2D eigenvalue weighted by molar-refractivity contribution is -0.132. The highest BCUT2D eigenvalue weighted by Gasteiger charge is 2.38. The van der Waals surface area contributed by atoms with Gasteiger partial charge in [0.05, 0.1) is 30.1 Å². The van der Waals surface area contributed by atoms with Crippen molar-refractivity contribution in [2.45, 2.75) is 49.3 Å². The first kappa shape index (κ1) is 21.2. The van der Waals surface area contributed by atoms with E-state index >= 15 is 0 Å². The Morgan fingerprint density at radius 3 is 2.77 bits per heavy atom. The lowest BCUT2D eigenvalue weighted by atomic mass is 10.1. The molecule has 2 aliphatic rings. The van der Waals surface area contributed by atoms with Crippen LogP contribution in [0, 0.1) is 0 Å². The molecule has 1 saturated carbocycles. The van der Waals surface area contributed by atoms with Gasteiger partial charge in [0, 0.05) is 18.2 Å². The van der Waals surface area contributed by atoms with Gasteiger partial charge in [0.25, 0.3) is 0 Å². The maximum Gasteiger partial charge on any atom is 0.233 e. The SMILES string of the molecule is COc1cccc(-n2cnnc2SCC(=O)N(C2CCCC2)[C@H]2CCS(=O)(=O)C2)c1. The minimum Gasteiger partial charge on any atom is -0.497 e. The number of rotatable bonds is 7. The molecule has 0 N–H and O–H groups in total. The Balaban J connectivity index is 1.48. The lowest BCUT2D eigenvalue weighted by Crippen LogP contribution is -2.47. The van der Waals surface area contributed by atoms with Crippen molar-refractivity contribution < 1.29 is 17.9 Å². The minimum atomic E-state index is -3.05. The Labute approximate surface area is 180 Å². The van der Waals surface area contributed by atoms with E-state index in [-0.39, 0.29) is 35.2 Å². The summed E-state index contributed by atoms with van der Waals surface area (Å²) in [6.45, 7) is 0. The van der Waals surface area contributed by atoms with Crippen LogP contribution in [0.4, 0.5) is 0 Å². The molecule has 8 nitrogen and oxygen atoms in total. The molecule has 30 heavy (non-hydrogen) atoms. The maximum atomic E-state index is 13.2. The first-order chi connectivity index (χ1) is 14.5. The van der Waals surface area contributed by atoms with Gasteiger partial charge in [0.1, 0.15) is 12.1 Å². The van der Waals surface area contributed by atoms with E-state index in [1.165, 1.54) is 11.8 Å². The van der Waals surface area contributed by atoms with Crippen LogP contribution in [0.5, 0.6) is 5.75 Å². The molecule has 1 aromatic carbocycles. The van der Waals surface area contributed by atoms with Gasteiger partial charge >= 0.3 is 0 Å². The average molecular weight is 451 g/mol. The molecular formula is C20H26N4O4S2. The number of thioether (sulfide) groups is 1. The Morgan fingerprint density at radius 2 is 2.07 bits per heavy atom. The van der Waals surface area contributed by atoms with Gasteiger partial charge in [0.2, 0.25) is 5.91 Å². The van der Waals surface area contributed by atoms with Crippen LogP contribution in [-0.2, 0) is 14.6 Å². The second-order valence-electron chi connectivity index (χ2n) is 7.77. The number of benzene rings is 1. The predicted molar refractivity (Wildman–Crippen MR) is 115 cm³/mol. The van der Waals surface area contributed by atoms with E-state index in [2.05, 4.69) is 10.2 Å². The van der Waals surface area contributed by atoms with E-state index in [0.717, 1.165) is 37.1 Å². The quantitative estimate of drug-likeness (QED) is 0.598. The van der Waals surface area contributed by atoms with Crippen LogP contribution in [0.15, 0.2) is 35.7 Å². The first-order valence-corrected chi connectivity index (χ1v) is 13.0. The summed E-state index contributed by atoms with van der Waals surface area (Å²) in [5, 5.41) is 8.78. The van der Waals surface area contributed by atoms with E-state index in [0.29, 0.717) is 11.6 Å². The highest BCUT2D eigenvalue weighted by Crippen LogP contribution is 2.30. The lowest BCUT2D eigenvalue weighted by Gasteiger charge is -2.34. The zero-order chi connectivity index (χ0) is 21.1. The summed E-state index contributed by atoms with van der Waals surface area (Å²) in [7, 11) is -1.44. The number of ether oxygens (including phenoxy) is 1. The Bertz CT molecular complexity index is 1000. The normalized spacial score (nSPS) is 21.0. The molecule has 2 heterocycles. The summed E-state index contributed by atoms with van der Waals surface area (Å²) >= 11 is 1.32. The van der Waals surface area contributed by atoms with Gasteiger partial charge in [-0.3, -0.25) is 9.36 Å². The van der Waals surface area contributed by atoms with Crippen molar-refractivity contribution in [1.82, 2.24) is 19.7 Å². The minimum absolute atomic E-state index is 0.0193. The molecule has 1 aliphatic carbocycles. The number of methoxy groups -OCH3 is 1. The highest BCUT2D eigenvalue weighted by atomic mass is 32.2. The van der Waals surface area contributed by atoms with Crippen molar-refractivity contribution in [3.05, 3.63) is 30.6 Å². The predicted octanol–water partition coefficient (Wildman–Crippen LogP) is 2.33. The molecule has 1 atom stereocenters. The fourth-order valence-corrected chi connectivity index (χ4v) is 6.85. The van der Waals surface area contributed by atoms with Gasteiger partial charge in [0.15, 0.2) is 15.0 Å². The summed E-state index contributed by atoms with van der Waals surface area (Å²) in [6, 6.07) is 7.49. The molecule has 4 rings (SSSR count). The Hall–Kier alpha value is -2.07. The third-order valence-electron chi connectivity index (χ3n) is 5.78. The number of sulfone groups is 1. The molecule has 1 amide bonds. The number of hydrogen-bond donors (Lipinski definition) is 0. The Morgan fingerprint density at radius 1 is 1.27 bits per heavy atom. The second-order valence-corrected chi connectivity index (χ2v) is 10.9. The van der Waals surface area contributed by atoms with Crippen molar-refractivity contribution in [1.29, 1.82) is 0 Å². The van der Waals surface area contributed by atoms with Crippen LogP contribution in [0.2, 0.25) is 0 Å². The monoisotopic (exact) mass is 450 g/mol. The number of aromatic nitrogens is 3. The van der Waals surface area contributed by atoms with E-state index in [1.54, 1.807) is 13.4 Å². The molecule has 162 valence electrons. The third kappa shape index (κ3) is 4.64. The largest absolute Gasteiger partial charge is 0.497 e. The molecule has 10 heteroatoms. The summed E-state index contributed by atoms with van der Waals surface area (Å²) in [4.78, 5) is 15.1. The van der Waals surface area contributed by atoms with E-state index in [4.69, 9.17) is 4.74 Å². The Kier molecular flexibility index (Phi) is 6.33. The van der Waals surface area contributed by atoms with Gasteiger partial charge in [-0.25, -0.2) is 8.42 Å². The van der Waals surface area contributed by atoms with E-state index < -0.39 is 9.84 Å². The summed E-state index contributed by atoms with van der Waals surface area (Å²) in [5.74, 6) is 1.17. The summed E-state index contributed by atoms with van der Waals surface area (Å²) in [6.07, 6.45) is 6.23. The van der Waals surface area contributed by atoms with E-state index in [9.17, 15) is 13.2 Å².